The van der Waals surface area contributed by atoms with Crippen LogP contribution in [0, 0.1) is 5.82 Å². The molecule has 0 aliphatic rings. The maximum atomic E-state index is 13.0. The van der Waals surface area contributed by atoms with Gasteiger partial charge in [0.2, 0.25) is 0 Å². The average molecular weight is 410 g/mol. The predicted molar refractivity (Wildman–Crippen MR) is 103 cm³/mol. The van der Waals surface area contributed by atoms with Gasteiger partial charge >= 0.3 is 0 Å². The molecule has 0 aliphatic carbocycles. The Morgan fingerprint density at radius 2 is 1.76 bits per heavy atom. The molecule has 0 saturated heterocycles. The van der Waals surface area contributed by atoms with E-state index >= 15 is 0 Å². The van der Waals surface area contributed by atoms with E-state index in [9.17, 15) is 4.39 Å². The molecule has 2 aromatic rings. The largest absolute Gasteiger partial charge is 0.490 e. The molecular weight excluding hydrogens is 385 g/mol. The molecule has 3 nitrogen and oxygen atoms in total. The van der Waals surface area contributed by atoms with Crippen molar-refractivity contribution in [2.45, 2.75) is 46.4 Å². The van der Waals surface area contributed by atoms with Crippen LogP contribution in [0.3, 0.4) is 0 Å². The first-order chi connectivity index (χ1) is 12.0. The monoisotopic (exact) mass is 409 g/mol. The lowest BCUT2D eigenvalue weighted by atomic mass is 10.1. The summed E-state index contributed by atoms with van der Waals surface area (Å²) in [4.78, 5) is 0. The Morgan fingerprint density at radius 3 is 2.40 bits per heavy atom. The van der Waals surface area contributed by atoms with Crippen molar-refractivity contribution in [3.63, 3.8) is 0 Å². The third-order valence-corrected chi connectivity index (χ3v) is 4.71. The van der Waals surface area contributed by atoms with Crippen LogP contribution in [0.4, 0.5) is 4.39 Å². The highest BCUT2D eigenvalue weighted by Gasteiger charge is 2.12. The van der Waals surface area contributed by atoms with E-state index in [-0.39, 0.29) is 5.82 Å². The second kappa shape index (κ2) is 9.78. The maximum absolute atomic E-state index is 13.0. The molecule has 5 heteroatoms. The zero-order chi connectivity index (χ0) is 18.2. The second-order valence-corrected chi connectivity index (χ2v) is 6.78. The van der Waals surface area contributed by atoms with E-state index in [4.69, 9.17) is 9.47 Å². The van der Waals surface area contributed by atoms with Crippen molar-refractivity contribution in [3.05, 3.63) is 57.8 Å². The van der Waals surface area contributed by atoms with Crippen LogP contribution in [-0.2, 0) is 13.2 Å². The van der Waals surface area contributed by atoms with E-state index in [2.05, 4.69) is 35.1 Å². The number of benzene rings is 2. The summed E-state index contributed by atoms with van der Waals surface area (Å²) < 4.78 is 25.6. The first kappa shape index (κ1) is 19.7. The van der Waals surface area contributed by atoms with E-state index in [0.717, 1.165) is 28.6 Å². The first-order valence-electron chi connectivity index (χ1n) is 8.59. The van der Waals surface area contributed by atoms with Crippen LogP contribution in [0.2, 0.25) is 0 Å². The van der Waals surface area contributed by atoms with Gasteiger partial charge in [0.05, 0.1) is 6.61 Å². The second-order valence-electron chi connectivity index (χ2n) is 5.93. The minimum absolute atomic E-state index is 0.250. The van der Waals surface area contributed by atoms with Gasteiger partial charge in [-0.3, -0.25) is 0 Å². The summed E-state index contributed by atoms with van der Waals surface area (Å²) in [5.74, 6) is 1.14. The van der Waals surface area contributed by atoms with Gasteiger partial charge in [0.1, 0.15) is 12.4 Å². The standard InChI is InChI=1S/C20H25BrFNO2/c1-4-14(3)23-12-16-10-19(24-5-2)20(11-18(16)21)25-13-15-6-8-17(22)9-7-15/h6-11,14,23H,4-5,12-13H2,1-3H3. The molecule has 2 aromatic carbocycles. The highest BCUT2D eigenvalue weighted by Crippen LogP contribution is 2.34. The van der Waals surface area contributed by atoms with Gasteiger partial charge in [-0.1, -0.05) is 35.0 Å². The topological polar surface area (TPSA) is 30.5 Å². The summed E-state index contributed by atoms with van der Waals surface area (Å²) in [7, 11) is 0. The minimum atomic E-state index is -0.250. The number of halogens is 2. The van der Waals surface area contributed by atoms with Crippen molar-refractivity contribution in [2.24, 2.45) is 0 Å². The van der Waals surface area contributed by atoms with Crippen molar-refractivity contribution in [3.8, 4) is 11.5 Å². The average Bonchev–Trinajstić information content (AvgIpc) is 2.61. The zero-order valence-corrected chi connectivity index (χ0v) is 16.5. The van der Waals surface area contributed by atoms with Gasteiger partial charge in [-0.15, -0.1) is 0 Å². The molecule has 25 heavy (non-hydrogen) atoms. The smallest absolute Gasteiger partial charge is 0.162 e. The van der Waals surface area contributed by atoms with Crippen molar-refractivity contribution in [1.82, 2.24) is 5.32 Å². The van der Waals surface area contributed by atoms with Crippen molar-refractivity contribution in [2.75, 3.05) is 6.61 Å². The SMILES string of the molecule is CCOc1cc(CNC(C)CC)c(Br)cc1OCc1ccc(F)cc1. The number of hydrogen-bond donors (Lipinski definition) is 1. The quantitative estimate of drug-likeness (QED) is 0.596. The number of hydrogen-bond acceptors (Lipinski definition) is 3. The van der Waals surface area contributed by atoms with Crippen LogP contribution in [0.1, 0.15) is 38.3 Å². The minimum Gasteiger partial charge on any atom is -0.490 e. The van der Waals surface area contributed by atoms with Gasteiger partial charge < -0.3 is 14.8 Å². The Balaban J connectivity index is 2.13. The molecule has 1 atom stereocenters. The highest BCUT2D eigenvalue weighted by atomic mass is 79.9. The van der Waals surface area contributed by atoms with Crippen molar-refractivity contribution in [1.29, 1.82) is 0 Å². The van der Waals surface area contributed by atoms with Gasteiger partial charge in [-0.05, 0) is 55.7 Å². The van der Waals surface area contributed by atoms with Crippen LogP contribution in [0.25, 0.3) is 0 Å². The van der Waals surface area contributed by atoms with Crippen molar-refractivity contribution >= 4 is 15.9 Å². The molecule has 0 aromatic heterocycles. The maximum Gasteiger partial charge on any atom is 0.162 e. The lowest BCUT2D eigenvalue weighted by Crippen LogP contribution is -2.24. The number of ether oxygens (including phenoxy) is 2. The lowest BCUT2D eigenvalue weighted by Gasteiger charge is -2.17. The Morgan fingerprint density at radius 1 is 1.08 bits per heavy atom. The molecule has 0 amide bonds. The summed E-state index contributed by atoms with van der Waals surface area (Å²) in [6, 6.07) is 10.7. The van der Waals surface area contributed by atoms with E-state index in [1.54, 1.807) is 12.1 Å². The van der Waals surface area contributed by atoms with Crippen LogP contribution in [0.5, 0.6) is 11.5 Å². The molecule has 0 spiro atoms. The van der Waals surface area contributed by atoms with Crippen LogP contribution in [0.15, 0.2) is 40.9 Å². The first-order valence-corrected chi connectivity index (χ1v) is 9.38. The molecule has 1 N–H and O–H groups in total. The third kappa shape index (κ3) is 6.01. The summed E-state index contributed by atoms with van der Waals surface area (Å²) in [5, 5.41) is 3.48. The normalized spacial score (nSPS) is 12.0. The molecule has 136 valence electrons. The fraction of sp³-hybridized carbons (Fsp3) is 0.400. The summed E-state index contributed by atoms with van der Waals surface area (Å²) in [6.45, 7) is 7.95. The lowest BCUT2D eigenvalue weighted by molar-refractivity contribution is 0.268. The number of nitrogens with one attached hydrogen (secondary N) is 1. The molecule has 2 rings (SSSR count). The van der Waals surface area contributed by atoms with E-state index in [1.807, 2.05) is 19.1 Å². The van der Waals surface area contributed by atoms with E-state index in [0.29, 0.717) is 30.8 Å². The fourth-order valence-corrected chi connectivity index (χ4v) is 2.73. The third-order valence-electron chi connectivity index (χ3n) is 3.97. The molecule has 0 radical (unpaired) electrons. The Labute approximate surface area is 157 Å². The molecule has 1 unspecified atom stereocenters. The molecule has 0 heterocycles. The zero-order valence-electron chi connectivity index (χ0n) is 14.9. The Hall–Kier alpha value is -1.59. The summed E-state index contributed by atoms with van der Waals surface area (Å²) in [6.07, 6.45) is 1.08. The van der Waals surface area contributed by atoms with E-state index < -0.39 is 0 Å². The highest BCUT2D eigenvalue weighted by molar-refractivity contribution is 9.10. The van der Waals surface area contributed by atoms with Gasteiger partial charge in [0.15, 0.2) is 11.5 Å². The molecule has 0 saturated carbocycles. The van der Waals surface area contributed by atoms with E-state index in [1.165, 1.54) is 12.1 Å². The number of rotatable bonds is 9. The van der Waals surface area contributed by atoms with Crippen LogP contribution in [-0.4, -0.2) is 12.6 Å². The molecule has 0 aliphatic heterocycles. The van der Waals surface area contributed by atoms with Crippen molar-refractivity contribution < 1.29 is 13.9 Å². The van der Waals surface area contributed by atoms with Crippen LogP contribution < -0.4 is 14.8 Å². The fourth-order valence-electron chi connectivity index (χ4n) is 2.26. The molecule has 0 fully saturated rings. The van der Waals surface area contributed by atoms with Crippen LogP contribution >= 0.6 is 15.9 Å². The van der Waals surface area contributed by atoms with Gasteiger partial charge in [-0.2, -0.15) is 0 Å². The van der Waals surface area contributed by atoms with Gasteiger partial charge in [-0.25, -0.2) is 4.39 Å². The summed E-state index contributed by atoms with van der Waals surface area (Å²) >= 11 is 3.62. The van der Waals surface area contributed by atoms with Gasteiger partial charge in [0.25, 0.3) is 0 Å². The van der Waals surface area contributed by atoms with Gasteiger partial charge in [0, 0.05) is 17.1 Å². The molecule has 0 bridgehead atoms. The Bertz CT molecular complexity index is 676. The Kier molecular flexibility index (Phi) is 7.72. The molecular formula is C20H25BrFNO2. The summed E-state index contributed by atoms with van der Waals surface area (Å²) in [5.41, 5.74) is 2.03. The predicted octanol–water partition coefficient (Wildman–Crippen LogP) is 5.45.